The van der Waals surface area contributed by atoms with E-state index in [1.807, 2.05) is 12.1 Å². The third-order valence-corrected chi connectivity index (χ3v) is 3.37. The highest BCUT2D eigenvalue weighted by molar-refractivity contribution is 5.96. The van der Waals surface area contributed by atoms with Gasteiger partial charge in [0.15, 0.2) is 0 Å². The molecule has 2 heteroatoms. The Bertz CT molecular complexity index is 738. The molecule has 0 atom stereocenters. The first-order valence-electron chi connectivity index (χ1n) is 6.32. The quantitative estimate of drug-likeness (QED) is 0.658. The number of fused-ring (bicyclic) bond motifs is 1. The molecular formula is C17H16O2. The van der Waals surface area contributed by atoms with Crippen molar-refractivity contribution in [1.82, 2.24) is 0 Å². The molecule has 0 bridgehead atoms. The second kappa shape index (κ2) is 4.47. The third kappa shape index (κ3) is 1.99. The van der Waals surface area contributed by atoms with Crippen molar-refractivity contribution in [2.75, 3.05) is 7.11 Å². The topological polar surface area (TPSA) is 22.4 Å². The van der Waals surface area contributed by atoms with Crippen LogP contribution in [0.25, 0.3) is 22.1 Å². The molecule has 1 aromatic heterocycles. The molecule has 0 aliphatic heterocycles. The first-order valence-corrected chi connectivity index (χ1v) is 6.32. The molecule has 0 unspecified atom stereocenters. The number of ether oxygens (including phenoxy) is 1. The Kier molecular flexibility index (Phi) is 2.79. The largest absolute Gasteiger partial charge is 0.496 e. The van der Waals surface area contributed by atoms with Gasteiger partial charge in [-0.15, -0.1) is 0 Å². The lowest BCUT2D eigenvalue weighted by atomic mass is 10.0. The summed E-state index contributed by atoms with van der Waals surface area (Å²) in [6, 6.07) is 12.4. The number of hydrogen-bond acceptors (Lipinski definition) is 2. The van der Waals surface area contributed by atoms with Gasteiger partial charge < -0.3 is 9.15 Å². The molecule has 2 nitrogen and oxygen atoms in total. The summed E-state index contributed by atoms with van der Waals surface area (Å²) in [4.78, 5) is 0. The van der Waals surface area contributed by atoms with Crippen LogP contribution >= 0.6 is 0 Å². The Labute approximate surface area is 112 Å². The zero-order chi connectivity index (χ0) is 13.4. The smallest absolute Gasteiger partial charge is 0.134 e. The van der Waals surface area contributed by atoms with Crippen LogP contribution in [-0.4, -0.2) is 7.11 Å². The number of benzene rings is 2. The molecule has 0 saturated carbocycles. The minimum Gasteiger partial charge on any atom is -0.496 e. The average Bonchev–Trinajstić information content (AvgIpc) is 2.81. The summed E-state index contributed by atoms with van der Waals surface area (Å²) in [6.45, 7) is 4.17. The number of aryl methyl sites for hydroxylation is 2. The van der Waals surface area contributed by atoms with Crippen LogP contribution in [0.15, 0.2) is 47.1 Å². The van der Waals surface area contributed by atoms with Crippen molar-refractivity contribution in [1.29, 1.82) is 0 Å². The molecule has 0 fully saturated rings. The third-order valence-electron chi connectivity index (χ3n) is 3.37. The van der Waals surface area contributed by atoms with E-state index in [1.54, 1.807) is 13.4 Å². The number of rotatable bonds is 2. The predicted octanol–water partition coefficient (Wildman–Crippen LogP) is 4.73. The van der Waals surface area contributed by atoms with Gasteiger partial charge in [0.2, 0.25) is 0 Å². The summed E-state index contributed by atoms with van der Waals surface area (Å²) in [7, 11) is 1.70. The van der Waals surface area contributed by atoms with Crippen LogP contribution in [0.5, 0.6) is 5.75 Å². The highest BCUT2D eigenvalue weighted by Crippen LogP contribution is 2.37. The highest BCUT2D eigenvalue weighted by Gasteiger charge is 2.12. The lowest BCUT2D eigenvalue weighted by Crippen LogP contribution is -1.88. The Morgan fingerprint density at radius 3 is 2.42 bits per heavy atom. The van der Waals surface area contributed by atoms with Crippen molar-refractivity contribution in [3.05, 3.63) is 53.8 Å². The fourth-order valence-corrected chi connectivity index (χ4v) is 2.38. The molecule has 0 spiro atoms. The van der Waals surface area contributed by atoms with Gasteiger partial charge in [-0.2, -0.15) is 0 Å². The minimum atomic E-state index is 0.870. The standard InChI is InChI=1S/C17H16O2/c1-11-4-6-16(18-3)13(8-11)15-10-19-17-7-5-12(2)9-14(15)17/h4-10H,1-3H3. The molecule has 1 heterocycles. The van der Waals surface area contributed by atoms with Crippen molar-refractivity contribution in [2.45, 2.75) is 13.8 Å². The zero-order valence-corrected chi connectivity index (χ0v) is 11.4. The van der Waals surface area contributed by atoms with Gasteiger partial charge in [0, 0.05) is 16.5 Å². The average molecular weight is 252 g/mol. The van der Waals surface area contributed by atoms with Crippen LogP contribution < -0.4 is 4.74 Å². The highest BCUT2D eigenvalue weighted by atomic mass is 16.5. The van der Waals surface area contributed by atoms with Gasteiger partial charge >= 0.3 is 0 Å². The van der Waals surface area contributed by atoms with E-state index >= 15 is 0 Å². The van der Waals surface area contributed by atoms with Crippen LogP contribution in [-0.2, 0) is 0 Å². The molecule has 0 radical (unpaired) electrons. The van der Waals surface area contributed by atoms with Crippen molar-refractivity contribution >= 4 is 11.0 Å². The van der Waals surface area contributed by atoms with Crippen LogP contribution in [0.1, 0.15) is 11.1 Å². The van der Waals surface area contributed by atoms with Crippen molar-refractivity contribution < 1.29 is 9.15 Å². The van der Waals surface area contributed by atoms with Crippen LogP contribution in [0.4, 0.5) is 0 Å². The zero-order valence-electron chi connectivity index (χ0n) is 11.4. The summed E-state index contributed by atoms with van der Waals surface area (Å²) in [5, 5.41) is 1.13. The van der Waals surface area contributed by atoms with Gasteiger partial charge in [0.1, 0.15) is 11.3 Å². The normalized spacial score (nSPS) is 10.9. The molecule has 0 aliphatic carbocycles. The van der Waals surface area contributed by atoms with E-state index in [-0.39, 0.29) is 0 Å². The van der Waals surface area contributed by atoms with Crippen LogP contribution in [0, 0.1) is 13.8 Å². The molecule has 96 valence electrons. The number of methoxy groups -OCH3 is 1. The lowest BCUT2D eigenvalue weighted by Gasteiger charge is -2.08. The molecule has 3 aromatic rings. The number of furan rings is 1. The minimum absolute atomic E-state index is 0.870. The molecule has 19 heavy (non-hydrogen) atoms. The fraction of sp³-hybridized carbons (Fsp3) is 0.176. The van der Waals surface area contributed by atoms with E-state index in [0.717, 1.165) is 27.8 Å². The molecule has 0 aliphatic rings. The van der Waals surface area contributed by atoms with E-state index < -0.39 is 0 Å². The monoisotopic (exact) mass is 252 g/mol. The lowest BCUT2D eigenvalue weighted by molar-refractivity contribution is 0.416. The second-order valence-electron chi connectivity index (χ2n) is 4.85. The Hall–Kier alpha value is -2.22. The summed E-state index contributed by atoms with van der Waals surface area (Å²) < 4.78 is 11.1. The van der Waals surface area contributed by atoms with E-state index in [9.17, 15) is 0 Å². The summed E-state index contributed by atoms with van der Waals surface area (Å²) in [5.41, 5.74) is 5.50. The van der Waals surface area contributed by atoms with Crippen LogP contribution in [0.2, 0.25) is 0 Å². The maximum absolute atomic E-state index is 5.64. The van der Waals surface area contributed by atoms with Gasteiger partial charge in [-0.05, 0) is 38.1 Å². The number of hydrogen-bond donors (Lipinski definition) is 0. The fourth-order valence-electron chi connectivity index (χ4n) is 2.38. The van der Waals surface area contributed by atoms with Gasteiger partial charge in [0.05, 0.1) is 13.4 Å². The summed E-state index contributed by atoms with van der Waals surface area (Å²) >= 11 is 0. The van der Waals surface area contributed by atoms with Gasteiger partial charge in [-0.25, -0.2) is 0 Å². The van der Waals surface area contributed by atoms with Crippen molar-refractivity contribution in [3.63, 3.8) is 0 Å². The van der Waals surface area contributed by atoms with Gasteiger partial charge in [-0.3, -0.25) is 0 Å². The van der Waals surface area contributed by atoms with Crippen molar-refractivity contribution in [3.8, 4) is 16.9 Å². The summed E-state index contributed by atoms with van der Waals surface area (Å²) in [6.07, 6.45) is 1.81. The molecule has 0 amide bonds. The summed E-state index contributed by atoms with van der Waals surface area (Å²) in [5.74, 6) is 0.870. The molecular weight excluding hydrogens is 236 g/mol. The van der Waals surface area contributed by atoms with Gasteiger partial charge in [0.25, 0.3) is 0 Å². The van der Waals surface area contributed by atoms with Gasteiger partial charge in [-0.1, -0.05) is 23.3 Å². The molecule has 3 rings (SSSR count). The van der Waals surface area contributed by atoms with Crippen molar-refractivity contribution in [2.24, 2.45) is 0 Å². The molecule has 0 saturated heterocycles. The van der Waals surface area contributed by atoms with Crippen LogP contribution in [0.3, 0.4) is 0 Å². The predicted molar refractivity (Wildman–Crippen MR) is 77.7 cm³/mol. The SMILES string of the molecule is COc1ccc(C)cc1-c1coc2ccc(C)cc12. The van der Waals surface area contributed by atoms with E-state index in [0.29, 0.717) is 0 Å². The van der Waals surface area contributed by atoms with E-state index in [4.69, 9.17) is 9.15 Å². The second-order valence-corrected chi connectivity index (χ2v) is 4.85. The van der Waals surface area contributed by atoms with E-state index in [2.05, 4.69) is 38.1 Å². The Balaban J connectivity index is 2.29. The maximum atomic E-state index is 5.64. The molecule has 0 N–H and O–H groups in total. The van der Waals surface area contributed by atoms with E-state index in [1.165, 1.54) is 11.1 Å². The molecule has 2 aromatic carbocycles. The first kappa shape index (κ1) is 11.8. The Morgan fingerprint density at radius 2 is 1.63 bits per heavy atom. The first-order chi connectivity index (χ1) is 9.19. The Morgan fingerprint density at radius 1 is 0.895 bits per heavy atom. The maximum Gasteiger partial charge on any atom is 0.134 e.